The predicted octanol–water partition coefficient (Wildman–Crippen LogP) is 10.1. The normalized spacial score (nSPS) is 10.2. The second kappa shape index (κ2) is 18.5. The van der Waals surface area contributed by atoms with E-state index in [1.807, 2.05) is 13.8 Å². The molecule has 0 aliphatic carbocycles. The van der Waals surface area contributed by atoms with Crippen molar-refractivity contribution in [1.29, 1.82) is 0 Å². The molecule has 0 heterocycles. The van der Waals surface area contributed by atoms with Crippen LogP contribution in [0.4, 0.5) is 5.69 Å². The van der Waals surface area contributed by atoms with Gasteiger partial charge in [0.1, 0.15) is 0 Å². The van der Waals surface area contributed by atoms with E-state index in [0.717, 1.165) is 24.2 Å². The first-order valence-corrected chi connectivity index (χ1v) is 11.9. The molecule has 0 saturated heterocycles. The maximum Gasteiger partial charge on any atom is 0.0381 e. The monoisotopic (exact) mass is 401 g/mol. The second-order valence-corrected chi connectivity index (χ2v) is 8.58. The molecule has 1 nitrogen and oxygen atoms in total. The molecule has 0 radical (unpaired) electrons. The number of aryl methyl sites for hydroxylation is 1. The topological polar surface area (TPSA) is 12.0 Å². The van der Waals surface area contributed by atoms with Crippen molar-refractivity contribution in [3.63, 3.8) is 0 Å². The summed E-state index contributed by atoms with van der Waals surface area (Å²) in [7, 11) is 0. The summed E-state index contributed by atoms with van der Waals surface area (Å²) in [6.45, 7) is 25.3. The third kappa shape index (κ3) is 17.1. The number of unbranched alkanes of at least 4 members (excludes halogenated alkanes) is 6. The summed E-state index contributed by atoms with van der Waals surface area (Å²) in [6.07, 6.45) is 12.1. The Morgan fingerprint density at radius 3 is 1.72 bits per heavy atom. The summed E-state index contributed by atoms with van der Waals surface area (Å²) in [6, 6.07) is 8.40. The average molecular weight is 402 g/mol. The summed E-state index contributed by atoms with van der Waals surface area (Å²) in [4.78, 5) is 0. The van der Waals surface area contributed by atoms with Crippen LogP contribution in [0.3, 0.4) is 0 Å². The molecule has 0 unspecified atom stereocenters. The van der Waals surface area contributed by atoms with Gasteiger partial charge in [0.25, 0.3) is 0 Å². The Morgan fingerprint density at radius 1 is 0.862 bits per heavy atom. The molecule has 0 aliphatic rings. The Bertz CT molecular complexity index is 516. The van der Waals surface area contributed by atoms with E-state index in [-0.39, 0.29) is 5.41 Å². The maximum absolute atomic E-state index is 4.18. The minimum absolute atomic E-state index is 0.0733. The van der Waals surface area contributed by atoms with Crippen molar-refractivity contribution in [2.45, 2.75) is 113 Å². The molecule has 168 valence electrons. The fraction of sp³-hybridized carbons (Fsp3) is 0.643. The second-order valence-electron chi connectivity index (χ2n) is 8.58. The zero-order valence-electron chi connectivity index (χ0n) is 21.1. The molecule has 1 aromatic carbocycles. The minimum atomic E-state index is 0.0733. The molecule has 1 rings (SSSR count). The van der Waals surface area contributed by atoms with E-state index in [0.29, 0.717) is 0 Å². The van der Waals surface area contributed by atoms with Gasteiger partial charge in [0.05, 0.1) is 0 Å². The number of hydrogen-bond donors (Lipinski definition) is 1. The van der Waals surface area contributed by atoms with Crippen LogP contribution < -0.4 is 5.32 Å². The smallest absolute Gasteiger partial charge is 0.0381 e. The number of nitrogens with one attached hydrogen (secondary N) is 1. The molecular weight excluding hydrogens is 350 g/mol. The lowest BCUT2D eigenvalue weighted by Crippen LogP contribution is -2.20. The molecule has 29 heavy (non-hydrogen) atoms. The van der Waals surface area contributed by atoms with Gasteiger partial charge >= 0.3 is 0 Å². The van der Waals surface area contributed by atoms with Gasteiger partial charge in [-0.3, -0.25) is 0 Å². The zero-order valence-corrected chi connectivity index (χ0v) is 21.1. The molecule has 1 N–H and O–H groups in total. The first kappa shape index (κ1) is 29.7. The third-order valence-electron chi connectivity index (χ3n) is 5.05. The van der Waals surface area contributed by atoms with Crippen LogP contribution in [-0.4, -0.2) is 0 Å². The van der Waals surface area contributed by atoms with E-state index in [1.165, 1.54) is 56.1 Å². The van der Waals surface area contributed by atoms with Gasteiger partial charge in [0.15, 0.2) is 0 Å². The third-order valence-corrected chi connectivity index (χ3v) is 5.05. The zero-order chi connectivity index (χ0) is 22.7. The molecule has 0 bridgehead atoms. The molecule has 0 saturated carbocycles. The molecule has 0 aliphatic heterocycles. The minimum Gasteiger partial charge on any atom is -0.359 e. The molecular formula is C28H51N. The molecule has 0 aromatic heterocycles. The van der Waals surface area contributed by atoms with E-state index in [9.17, 15) is 0 Å². The van der Waals surface area contributed by atoms with Crippen LogP contribution >= 0.6 is 0 Å². The number of benzene rings is 1. The van der Waals surface area contributed by atoms with Crippen LogP contribution in [0.2, 0.25) is 0 Å². The maximum atomic E-state index is 4.18. The number of allylic oxidation sites excluding steroid dienone is 2. The molecule has 1 aromatic rings. The van der Waals surface area contributed by atoms with Crippen molar-refractivity contribution in [1.82, 2.24) is 0 Å². The summed E-state index contributed by atoms with van der Waals surface area (Å²) in [5.74, 6) is 0. The first-order chi connectivity index (χ1) is 13.7. The fourth-order valence-corrected chi connectivity index (χ4v) is 2.69. The van der Waals surface area contributed by atoms with Gasteiger partial charge in [0, 0.05) is 16.8 Å². The van der Waals surface area contributed by atoms with Crippen molar-refractivity contribution >= 4 is 5.69 Å². The van der Waals surface area contributed by atoms with Gasteiger partial charge in [-0.05, 0) is 38.8 Å². The van der Waals surface area contributed by atoms with Gasteiger partial charge in [-0.2, -0.15) is 0 Å². The van der Waals surface area contributed by atoms with E-state index >= 15 is 0 Å². The predicted molar refractivity (Wildman–Crippen MR) is 137 cm³/mol. The fourth-order valence-electron chi connectivity index (χ4n) is 2.69. The number of hydrogen-bond acceptors (Lipinski definition) is 1. The van der Waals surface area contributed by atoms with Crippen molar-refractivity contribution in [2.24, 2.45) is 5.41 Å². The Hall–Kier alpha value is -1.50. The standard InChI is InChI=1S/C17H25N.C9H20.C2H6/c1-13(2)11-12-17(5,6)15(4)18-16-9-7-14(3)8-10-16;1-3-5-7-9-8-6-4-2;1-2/h7-10,18H,1,4,11-12H2,2-3,5-6H3;3-9H2,1-2H3;1-2H3. The number of rotatable bonds is 12. The Labute approximate surface area is 184 Å². The highest BCUT2D eigenvalue weighted by atomic mass is 14.9. The Kier molecular flexibility index (Phi) is 19.0. The average Bonchev–Trinajstić information content (AvgIpc) is 2.70. The lowest BCUT2D eigenvalue weighted by Gasteiger charge is -2.28. The van der Waals surface area contributed by atoms with E-state index < -0.39 is 0 Å². The Balaban J connectivity index is 0. The summed E-state index contributed by atoms with van der Waals surface area (Å²) in [5, 5.41) is 3.41. The van der Waals surface area contributed by atoms with Gasteiger partial charge in [0.2, 0.25) is 0 Å². The van der Waals surface area contributed by atoms with Crippen molar-refractivity contribution in [3.8, 4) is 0 Å². The molecule has 0 atom stereocenters. The number of anilines is 1. The lowest BCUT2D eigenvalue weighted by atomic mass is 9.83. The van der Waals surface area contributed by atoms with Crippen molar-refractivity contribution in [2.75, 3.05) is 5.32 Å². The molecule has 0 amide bonds. The first-order valence-electron chi connectivity index (χ1n) is 11.9. The molecule has 1 heteroatoms. The van der Waals surface area contributed by atoms with Gasteiger partial charge in [-0.25, -0.2) is 0 Å². The highest BCUT2D eigenvalue weighted by molar-refractivity contribution is 5.49. The van der Waals surface area contributed by atoms with Gasteiger partial charge in [-0.15, -0.1) is 6.58 Å². The van der Waals surface area contributed by atoms with Crippen LogP contribution in [0.25, 0.3) is 0 Å². The van der Waals surface area contributed by atoms with Crippen LogP contribution in [0, 0.1) is 12.3 Å². The quantitative estimate of drug-likeness (QED) is 0.271. The SMILES string of the molecule is C=C(C)CCC(C)(C)C(=C)Nc1ccc(C)cc1.CC.CCCCCCCCC. The highest BCUT2D eigenvalue weighted by Crippen LogP contribution is 2.32. The van der Waals surface area contributed by atoms with Crippen LogP contribution in [0.1, 0.15) is 112 Å². The highest BCUT2D eigenvalue weighted by Gasteiger charge is 2.21. The summed E-state index contributed by atoms with van der Waals surface area (Å²) >= 11 is 0. The van der Waals surface area contributed by atoms with Crippen LogP contribution in [0.15, 0.2) is 48.7 Å². The van der Waals surface area contributed by atoms with Crippen molar-refractivity contribution in [3.05, 3.63) is 54.3 Å². The van der Waals surface area contributed by atoms with Crippen LogP contribution in [0.5, 0.6) is 0 Å². The molecule has 0 spiro atoms. The largest absolute Gasteiger partial charge is 0.359 e. The Morgan fingerprint density at radius 2 is 1.31 bits per heavy atom. The lowest BCUT2D eigenvalue weighted by molar-refractivity contribution is 0.412. The van der Waals surface area contributed by atoms with E-state index in [2.05, 4.69) is 84.3 Å². The van der Waals surface area contributed by atoms with E-state index in [1.54, 1.807) is 0 Å². The van der Waals surface area contributed by atoms with E-state index in [4.69, 9.17) is 0 Å². The van der Waals surface area contributed by atoms with Crippen molar-refractivity contribution < 1.29 is 0 Å². The van der Waals surface area contributed by atoms with Gasteiger partial charge < -0.3 is 5.32 Å². The summed E-state index contributed by atoms with van der Waals surface area (Å²) in [5.41, 5.74) is 4.74. The summed E-state index contributed by atoms with van der Waals surface area (Å²) < 4.78 is 0. The van der Waals surface area contributed by atoms with Crippen LogP contribution in [-0.2, 0) is 0 Å². The van der Waals surface area contributed by atoms with Gasteiger partial charge in [-0.1, -0.05) is 116 Å². The molecule has 0 fully saturated rings.